The van der Waals surface area contributed by atoms with E-state index in [0.717, 1.165) is 23.3 Å². The highest BCUT2D eigenvalue weighted by atomic mass is 16.5. The van der Waals surface area contributed by atoms with E-state index in [0.29, 0.717) is 22.7 Å². The third-order valence-corrected chi connectivity index (χ3v) is 5.15. The number of nitrogens with zero attached hydrogens (tertiary/aromatic N) is 2. The Kier molecular flexibility index (Phi) is 4.01. The van der Waals surface area contributed by atoms with Gasteiger partial charge in [-0.3, -0.25) is 4.79 Å². The maximum absolute atomic E-state index is 12.6. The molecule has 1 aromatic carbocycles. The molecular formula is C22H20N4O3. The Morgan fingerprint density at radius 3 is 3.07 bits per heavy atom. The van der Waals surface area contributed by atoms with E-state index < -0.39 is 0 Å². The fourth-order valence-corrected chi connectivity index (χ4v) is 3.68. The Morgan fingerprint density at radius 2 is 2.21 bits per heavy atom. The van der Waals surface area contributed by atoms with Crippen molar-refractivity contribution in [2.75, 3.05) is 5.73 Å². The molecule has 1 amide bonds. The predicted octanol–water partition coefficient (Wildman–Crippen LogP) is 3.43. The van der Waals surface area contributed by atoms with Gasteiger partial charge in [0.05, 0.1) is 23.3 Å². The zero-order valence-corrected chi connectivity index (χ0v) is 15.9. The van der Waals surface area contributed by atoms with Crippen molar-refractivity contribution in [3.05, 3.63) is 71.7 Å². The first kappa shape index (κ1) is 17.4. The minimum Gasteiger partial charge on any atom is -0.490 e. The molecule has 3 aromatic heterocycles. The number of nitrogens with one attached hydrogen (secondary N) is 1. The molecule has 1 aliphatic rings. The largest absolute Gasteiger partial charge is 0.490 e. The number of ether oxygens (including phenoxy) is 1. The molecule has 0 spiro atoms. The average Bonchev–Trinajstić information content (AvgIpc) is 3.42. The highest BCUT2D eigenvalue weighted by Gasteiger charge is 2.20. The van der Waals surface area contributed by atoms with Gasteiger partial charge in [0, 0.05) is 30.4 Å². The van der Waals surface area contributed by atoms with Crippen LogP contribution in [0.2, 0.25) is 0 Å². The zero-order valence-electron chi connectivity index (χ0n) is 15.9. The number of hydrogen-bond acceptors (Lipinski definition) is 5. The van der Waals surface area contributed by atoms with E-state index in [1.165, 1.54) is 5.56 Å². The topological polar surface area (TPSA) is 94.8 Å². The summed E-state index contributed by atoms with van der Waals surface area (Å²) in [6.07, 6.45) is 4.69. The highest BCUT2D eigenvalue weighted by molar-refractivity contribution is 6.03. The first-order valence-corrected chi connectivity index (χ1v) is 9.47. The predicted molar refractivity (Wildman–Crippen MR) is 109 cm³/mol. The first-order valence-electron chi connectivity index (χ1n) is 9.47. The minimum atomic E-state index is -0.254. The average molecular weight is 388 g/mol. The number of carbonyl (C=O) groups excluding carboxylic acids is 1. The molecule has 4 heterocycles. The molecule has 0 fully saturated rings. The van der Waals surface area contributed by atoms with Crippen LogP contribution in [0.15, 0.2) is 59.4 Å². The quantitative estimate of drug-likeness (QED) is 0.558. The first-order chi connectivity index (χ1) is 14.1. The molecule has 3 N–H and O–H groups in total. The van der Waals surface area contributed by atoms with Gasteiger partial charge in [-0.1, -0.05) is 23.4 Å². The van der Waals surface area contributed by atoms with Crippen LogP contribution in [-0.4, -0.2) is 21.6 Å². The van der Waals surface area contributed by atoms with Crippen molar-refractivity contribution in [3.8, 4) is 17.1 Å². The van der Waals surface area contributed by atoms with E-state index in [4.69, 9.17) is 15.0 Å². The van der Waals surface area contributed by atoms with Gasteiger partial charge in [0.1, 0.15) is 17.5 Å². The Morgan fingerprint density at radius 1 is 1.31 bits per heavy atom. The summed E-state index contributed by atoms with van der Waals surface area (Å²) in [5, 5.41) is 6.91. The second-order valence-corrected chi connectivity index (χ2v) is 7.27. The summed E-state index contributed by atoms with van der Waals surface area (Å²) in [5.41, 5.74) is 10.5. The summed E-state index contributed by atoms with van der Waals surface area (Å²) in [6, 6.07) is 13.5. The van der Waals surface area contributed by atoms with E-state index in [-0.39, 0.29) is 18.6 Å². The molecule has 0 saturated carbocycles. The number of anilines is 1. The molecule has 0 aliphatic carbocycles. The lowest BCUT2D eigenvalue weighted by Crippen LogP contribution is -2.23. The molecule has 1 aliphatic heterocycles. The third-order valence-electron chi connectivity index (χ3n) is 5.15. The Hall–Kier alpha value is -3.74. The molecule has 7 nitrogen and oxygen atoms in total. The van der Waals surface area contributed by atoms with Crippen molar-refractivity contribution in [1.29, 1.82) is 0 Å². The summed E-state index contributed by atoms with van der Waals surface area (Å²) < 4.78 is 13.1. The normalized spacial score (nSPS) is 15.3. The van der Waals surface area contributed by atoms with Gasteiger partial charge in [-0.15, -0.1) is 0 Å². The number of nitrogen functional groups attached to an aromatic ring is 1. The summed E-state index contributed by atoms with van der Waals surface area (Å²) in [6.45, 7) is 2.29. The molecule has 4 aromatic rings. The smallest absolute Gasteiger partial charge is 0.255 e. The Bertz CT molecular complexity index is 1220. The number of benzene rings is 1. The van der Waals surface area contributed by atoms with Gasteiger partial charge in [0.15, 0.2) is 5.76 Å². The lowest BCUT2D eigenvalue weighted by molar-refractivity contribution is 0.0951. The molecular weight excluding hydrogens is 368 g/mol. The van der Waals surface area contributed by atoms with Gasteiger partial charge < -0.3 is 24.7 Å². The van der Waals surface area contributed by atoms with E-state index in [1.807, 2.05) is 47.0 Å². The maximum atomic E-state index is 12.6. The lowest BCUT2D eigenvalue weighted by Gasteiger charge is -2.03. The van der Waals surface area contributed by atoms with E-state index >= 15 is 0 Å². The lowest BCUT2D eigenvalue weighted by atomic mass is 10.1. The number of rotatable bonds is 4. The van der Waals surface area contributed by atoms with Crippen LogP contribution in [0.4, 0.5) is 5.69 Å². The monoisotopic (exact) mass is 388 g/mol. The molecule has 29 heavy (non-hydrogen) atoms. The van der Waals surface area contributed by atoms with Crippen LogP contribution in [0, 0.1) is 0 Å². The van der Waals surface area contributed by atoms with Crippen molar-refractivity contribution in [3.63, 3.8) is 0 Å². The number of hydrogen-bond donors (Lipinski definition) is 2. The molecule has 7 heteroatoms. The number of aromatic nitrogens is 2. The van der Waals surface area contributed by atoms with Gasteiger partial charge >= 0.3 is 0 Å². The van der Waals surface area contributed by atoms with Gasteiger partial charge in [-0.05, 0) is 30.7 Å². The SMILES string of the molecule is CC1Cc2ccc(-c3cc(CNC(=O)c4cn5ccccc5c4N)no3)cc2O1. The third kappa shape index (κ3) is 3.10. The van der Waals surface area contributed by atoms with Crippen LogP contribution in [0.5, 0.6) is 5.75 Å². The second-order valence-electron chi connectivity index (χ2n) is 7.27. The van der Waals surface area contributed by atoms with E-state index in [1.54, 1.807) is 6.20 Å². The minimum absolute atomic E-state index is 0.194. The zero-order chi connectivity index (χ0) is 20.0. The maximum Gasteiger partial charge on any atom is 0.255 e. The molecule has 146 valence electrons. The number of amides is 1. The van der Waals surface area contributed by atoms with Crippen LogP contribution in [0.3, 0.4) is 0 Å². The van der Waals surface area contributed by atoms with Crippen molar-refractivity contribution < 1.29 is 14.1 Å². The standard InChI is InChI=1S/C22H20N4O3/c1-13-8-14-5-6-15(9-19(14)28-13)20-10-16(25-29-20)11-24-22(27)17-12-26-7-3-2-4-18(26)21(17)23/h2-7,9-10,12-13H,8,11,23H2,1H3,(H,24,27). The molecule has 1 unspecified atom stereocenters. The fourth-order valence-electron chi connectivity index (χ4n) is 3.68. The summed E-state index contributed by atoms with van der Waals surface area (Å²) in [7, 11) is 0. The molecule has 1 atom stereocenters. The van der Waals surface area contributed by atoms with Crippen LogP contribution in [-0.2, 0) is 13.0 Å². The molecule has 0 bridgehead atoms. The number of pyridine rings is 1. The van der Waals surface area contributed by atoms with Crippen LogP contribution in [0.1, 0.15) is 28.5 Å². The van der Waals surface area contributed by atoms with Crippen molar-refractivity contribution in [2.24, 2.45) is 0 Å². The van der Waals surface area contributed by atoms with E-state index in [2.05, 4.69) is 23.5 Å². The van der Waals surface area contributed by atoms with E-state index in [9.17, 15) is 4.79 Å². The molecule has 0 saturated heterocycles. The number of carbonyl (C=O) groups is 1. The van der Waals surface area contributed by atoms with Crippen LogP contribution in [0.25, 0.3) is 16.8 Å². The van der Waals surface area contributed by atoms with Crippen LogP contribution >= 0.6 is 0 Å². The Balaban J connectivity index is 1.30. The number of nitrogens with two attached hydrogens (primary N) is 1. The Labute approximate surface area is 167 Å². The molecule has 5 rings (SSSR count). The van der Waals surface area contributed by atoms with Gasteiger partial charge in [0.25, 0.3) is 5.91 Å². The highest BCUT2D eigenvalue weighted by Crippen LogP contribution is 2.33. The summed E-state index contributed by atoms with van der Waals surface area (Å²) >= 11 is 0. The summed E-state index contributed by atoms with van der Waals surface area (Å²) in [5.74, 6) is 1.27. The van der Waals surface area contributed by atoms with Crippen molar-refractivity contribution in [2.45, 2.75) is 26.0 Å². The van der Waals surface area contributed by atoms with Gasteiger partial charge in [-0.25, -0.2) is 0 Å². The van der Waals surface area contributed by atoms with Crippen molar-refractivity contribution in [1.82, 2.24) is 14.9 Å². The van der Waals surface area contributed by atoms with Gasteiger partial charge in [-0.2, -0.15) is 0 Å². The fraction of sp³-hybridized carbons (Fsp3) is 0.182. The van der Waals surface area contributed by atoms with Gasteiger partial charge in [0.2, 0.25) is 0 Å². The second kappa shape index (κ2) is 6.70. The van der Waals surface area contributed by atoms with Crippen LogP contribution < -0.4 is 15.8 Å². The number of fused-ring (bicyclic) bond motifs is 2. The summed E-state index contributed by atoms with van der Waals surface area (Å²) in [4.78, 5) is 12.6. The molecule has 0 radical (unpaired) electrons. The van der Waals surface area contributed by atoms with Crippen molar-refractivity contribution >= 4 is 17.1 Å².